The molecule has 0 aliphatic rings. The number of halogens is 1. The van der Waals surface area contributed by atoms with Crippen molar-refractivity contribution in [3.05, 3.63) is 22.7 Å². The first-order chi connectivity index (χ1) is 8.13. The maximum Gasteiger partial charge on any atom is 0.164 e. The van der Waals surface area contributed by atoms with Crippen LogP contribution in [0.1, 0.15) is 37.6 Å². The van der Waals surface area contributed by atoms with Crippen LogP contribution in [0.2, 0.25) is 5.02 Å². The fourth-order valence-corrected chi connectivity index (χ4v) is 1.73. The monoisotopic (exact) mass is 256 g/mol. The summed E-state index contributed by atoms with van der Waals surface area (Å²) in [6, 6.07) is 3.29. The Morgan fingerprint density at radius 3 is 2.12 bits per heavy atom. The molecule has 1 rings (SSSR count). The first-order valence-electron chi connectivity index (χ1n) is 5.76. The van der Waals surface area contributed by atoms with Gasteiger partial charge in [0.2, 0.25) is 0 Å². The number of carbonyl (C=O) groups excluding carboxylic acids is 1. The summed E-state index contributed by atoms with van der Waals surface area (Å²) in [5.41, 5.74) is 0.487. The fraction of sp³-hybridized carbons (Fsp3) is 0.462. The minimum atomic E-state index is -0.000925. The van der Waals surface area contributed by atoms with Crippen molar-refractivity contribution in [1.29, 1.82) is 0 Å². The van der Waals surface area contributed by atoms with Gasteiger partial charge in [-0.3, -0.25) is 4.79 Å². The second-order valence-electron chi connectivity index (χ2n) is 3.42. The minimum absolute atomic E-state index is 0.000925. The molecule has 94 valence electrons. The second kappa shape index (κ2) is 6.50. The molecular formula is C13H17ClO3. The van der Waals surface area contributed by atoms with Gasteiger partial charge in [0, 0.05) is 18.1 Å². The van der Waals surface area contributed by atoms with Gasteiger partial charge in [0.1, 0.15) is 0 Å². The summed E-state index contributed by atoms with van der Waals surface area (Å²) in [7, 11) is 0. The molecule has 1 aromatic carbocycles. The van der Waals surface area contributed by atoms with Gasteiger partial charge in [-0.25, -0.2) is 0 Å². The predicted octanol–water partition coefficient (Wildman–Crippen LogP) is 3.73. The smallest absolute Gasteiger partial charge is 0.164 e. The molecule has 0 amide bonds. The summed E-state index contributed by atoms with van der Waals surface area (Å²) in [5.74, 6) is 1.14. The maximum absolute atomic E-state index is 11.7. The molecule has 0 heterocycles. The standard InChI is InChI=1S/C13H17ClO3/c1-4-11(15)9-7-12(16-5-2)13(17-6-3)8-10(9)14/h7-8H,4-6H2,1-3H3. The molecule has 0 saturated heterocycles. The van der Waals surface area contributed by atoms with Crippen molar-refractivity contribution in [2.75, 3.05) is 13.2 Å². The molecule has 0 aliphatic carbocycles. The molecule has 0 saturated carbocycles. The van der Waals surface area contributed by atoms with E-state index in [0.717, 1.165) is 0 Å². The highest BCUT2D eigenvalue weighted by Crippen LogP contribution is 2.34. The lowest BCUT2D eigenvalue weighted by Gasteiger charge is -2.13. The maximum atomic E-state index is 11.7. The number of carbonyl (C=O) groups is 1. The van der Waals surface area contributed by atoms with Gasteiger partial charge in [0.15, 0.2) is 17.3 Å². The molecule has 0 bridgehead atoms. The van der Waals surface area contributed by atoms with Crippen LogP contribution in [-0.4, -0.2) is 19.0 Å². The molecule has 3 nitrogen and oxygen atoms in total. The fourth-order valence-electron chi connectivity index (χ4n) is 1.48. The highest BCUT2D eigenvalue weighted by atomic mass is 35.5. The molecule has 0 N–H and O–H groups in total. The summed E-state index contributed by atoms with van der Waals surface area (Å²) in [5, 5.41) is 0.406. The summed E-state index contributed by atoms with van der Waals surface area (Å²) in [4.78, 5) is 11.7. The number of hydrogen-bond acceptors (Lipinski definition) is 3. The molecular weight excluding hydrogens is 240 g/mol. The molecule has 0 spiro atoms. The Balaban J connectivity index is 3.18. The van der Waals surface area contributed by atoms with Crippen LogP contribution in [-0.2, 0) is 0 Å². The number of hydrogen-bond donors (Lipinski definition) is 0. The molecule has 0 atom stereocenters. The van der Waals surface area contributed by atoms with Crippen LogP contribution < -0.4 is 9.47 Å². The van der Waals surface area contributed by atoms with E-state index in [1.54, 1.807) is 19.1 Å². The van der Waals surface area contributed by atoms with Crippen LogP contribution in [0.25, 0.3) is 0 Å². The molecule has 0 aromatic heterocycles. The highest BCUT2D eigenvalue weighted by Gasteiger charge is 2.14. The van der Waals surface area contributed by atoms with Gasteiger partial charge in [-0.05, 0) is 19.9 Å². The van der Waals surface area contributed by atoms with Crippen LogP contribution >= 0.6 is 11.6 Å². The first kappa shape index (κ1) is 13.8. The van der Waals surface area contributed by atoms with E-state index in [-0.39, 0.29) is 5.78 Å². The van der Waals surface area contributed by atoms with Crippen molar-refractivity contribution < 1.29 is 14.3 Å². The Kier molecular flexibility index (Phi) is 5.29. The van der Waals surface area contributed by atoms with E-state index < -0.39 is 0 Å². The number of ether oxygens (including phenoxy) is 2. The number of rotatable bonds is 6. The van der Waals surface area contributed by atoms with Gasteiger partial charge < -0.3 is 9.47 Å². The van der Waals surface area contributed by atoms with Gasteiger partial charge in [0.05, 0.1) is 18.2 Å². The Morgan fingerprint density at radius 1 is 1.12 bits per heavy atom. The zero-order chi connectivity index (χ0) is 12.8. The zero-order valence-corrected chi connectivity index (χ0v) is 11.1. The van der Waals surface area contributed by atoms with Crippen molar-refractivity contribution in [1.82, 2.24) is 0 Å². The first-order valence-corrected chi connectivity index (χ1v) is 6.14. The molecule has 0 fully saturated rings. The van der Waals surface area contributed by atoms with E-state index in [1.807, 2.05) is 13.8 Å². The predicted molar refractivity (Wildman–Crippen MR) is 68.4 cm³/mol. The summed E-state index contributed by atoms with van der Waals surface area (Å²) in [6.45, 7) is 6.61. The third-order valence-corrected chi connectivity index (χ3v) is 2.57. The van der Waals surface area contributed by atoms with Crippen LogP contribution in [0.4, 0.5) is 0 Å². The van der Waals surface area contributed by atoms with Crippen molar-refractivity contribution in [3.8, 4) is 11.5 Å². The minimum Gasteiger partial charge on any atom is -0.490 e. The largest absolute Gasteiger partial charge is 0.490 e. The average molecular weight is 257 g/mol. The average Bonchev–Trinajstić information content (AvgIpc) is 2.32. The number of Topliss-reactive ketones (excluding diaryl/α,β-unsaturated/α-hetero) is 1. The molecule has 0 aliphatic heterocycles. The molecule has 17 heavy (non-hydrogen) atoms. The van der Waals surface area contributed by atoms with Crippen LogP contribution in [0.5, 0.6) is 11.5 Å². The number of ketones is 1. The third-order valence-electron chi connectivity index (χ3n) is 2.25. The topological polar surface area (TPSA) is 35.5 Å². The Hall–Kier alpha value is -1.22. The van der Waals surface area contributed by atoms with Crippen LogP contribution in [0.15, 0.2) is 12.1 Å². The van der Waals surface area contributed by atoms with Gasteiger partial charge >= 0.3 is 0 Å². The van der Waals surface area contributed by atoms with Crippen molar-refractivity contribution in [2.45, 2.75) is 27.2 Å². The highest BCUT2D eigenvalue weighted by molar-refractivity contribution is 6.34. The number of benzene rings is 1. The van der Waals surface area contributed by atoms with Crippen molar-refractivity contribution >= 4 is 17.4 Å². The van der Waals surface area contributed by atoms with Crippen molar-refractivity contribution in [2.24, 2.45) is 0 Å². The summed E-state index contributed by atoms with van der Waals surface area (Å²) in [6.07, 6.45) is 0.416. The van der Waals surface area contributed by atoms with Gasteiger partial charge in [0.25, 0.3) is 0 Å². The van der Waals surface area contributed by atoms with E-state index in [4.69, 9.17) is 21.1 Å². The molecule has 1 aromatic rings. The molecule has 0 unspecified atom stereocenters. The summed E-state index contributed by atoms with van der Waals surface area (Å²) >= 11 is 6.05. The van der Waals surface area contributed by atoms with E-state index in [0.29, 0.717) is 41.7 Å². The second-order valence-corrected chi connectivity index (χ2v) is 3.83. The van der Waals surface area contributed by atoms with E-state index >= 15 is 0 Å². The lowest BCUT2D eigenvalue weighted by Crippen LogP contribution is -2.03. The van der Waals surface area contributed by atoms with Gasteiger partial charge in [-0.1, -0.05) is 18.5 Å². The van der Waals surface area contributed by atoms with E-state index in [9.17, 15) is 4.79 Å². The third kappa shape index (κ3) is 3.37. The SMILES string of the molecule is CCOc1cc(Cl)c(C(=O)CC)cc1OCC. The van der Waals surface area contributed by atoms with Crippen LogP contribution in [0.3, 0.4) is 0 Å². The molecule has 4 heteroatoms. The van der Waals surface area contributed by atoms with E-state index in [2.05, 4.69) is 0 Å². The Labute approximate surface area is 107 Å². The Morgan fingerprint density at radius 2 is 1.65 bits per heavy atom. The molecule has 0 radical (unpaired) electrons. The summed E-state index contributed by atoms with van der Waals surface area (Å²) < 4.78 is 10.9. The zero-order valence-electron chi connectivity index (χ0n) is 10.4. The quantitative estimate of drug-likeness (QED) is 0.728. The van der Waals surface area contributed by atoms with E-state index in [1.165, 1.54) is 0 Å². The van der Waals surface area contributed by atoms with Crippen LogP contribution in [0, 0.1) is 0 Å². The van der Waals surface area contributed by atoms with Gasteiger partial charge in [-0.15, -0.1) is 0 Å². The lowest BCUT2D eigenvalue weighted by molar-refractivity contribution is 0.0988. The lowest BCUT2D eigenvalue weighted by atomic mass is 10.1. The van der Waals surface area contributed by atoms with Crippen molar-refractivity contribution in [3.63, 3.8) is 0 Å². The Bertz CT molecular complexity index is 402. The normalized spacial score (nSPS) is 10.1. The van der Waals surface area contributed by atoms with Gasteiger partial charge in [-0.2, -0.15) is 0 Å².